The molecule has 0 bridgehead atoms. The Morgan fingerprint density at radius 3 is 2.55 bits per heavy atom. The number of halogens is 3. The van der Waals surface area contributed by atoms with Gasteiger partial charge in [-0.25, -0.2) is 14.4 Å². The highest BCUT2D eigenvalue weighted by atomic mass is 19.3. The highest BCUT2D eigenvalue weighted by Gasteiger charge is 2.28. The molecule has 178 valence electrons. The van der Waals surface area contributed by atoms with Crippen LogP contribution in [0.15, 0.2) is 42.2 Å². The molecule has 0 aliphatic carbocycles. The fraction of sp³-hybridized carbons (Fsp3) is 0.391. The second kappa shape index (κ2) is 10.9. The van der Waals surface area contributed by atoms with E-state index in [9.17, 15) is 18.0 Å². The van der Waals surface area contributed by atoms with E-state index >= 15 is 0 Å². The molecule has 2 aromatic rings. The fourth-order valence-corrected chi connectivity index (χ4v) is 2.98. The van der Waals surface area contributed by atoms with Crippen LogP contribution >= 0.6 is 0 Å². The first kappa shape index (κ1) is 25.8. The van der Waals surface area contributed by atoms with Gasteiger partial charge in [-0.2, -0.15) is 8.78 Å². The summed E-state index contributed by atoms with van der Waals surface area (Å²) < 4.78 is 52.1. The third-order valence-electron chi connectivity index (χ3n) is 4.79. The van der Waals surface area contributed by atoms with E-state index in [1.165, 1.54) is 30.1 Å². The zero-order chi connectivity index (χ0) is 24.8. The monoisotopic (exact) mass is 464 g/mol. The Kier molecular flexibility index (Phi) is 8.56. The van der Waals surface area contributed by atoms with Crippen LogP contribution in [0.1, 0.15) is 49.3 Å². The maximum absolute atomic E-state index is 14.6. The predicted molar refractivity (Wildman–Crippen MR) is 119 cm³/mol. The van der Waals surface area contributed by atoms with Crippen molar-refractivity contribution in [1.82, 2.24) is 14.9 Å². The average Bonchev–Trinajstić information content (AvgIpc) is 2.77. The fourth-order valence-electron chi connectivity index (χ4n) is 2.98. The molecule has 10 heteroatoms. The molecule has 0 aliphatic rings. The minimum Gasteiger partial charge on any atom is -0.474 e. The SMILES string of the molecule is C=C(O/C(C)=N\C)c1c(F)cccc1C(=O)N(CC)C(C)COc1cnc(C(C)(F)F)cn1. The van der Waals surface area contributed by atoms with Crippen molar-refractivity contribution in [3.05, 3.63) is 59.8 Å². The molecule has 0 N–H and O–H groups in total. The molecule has 33 heavy (non-hydrogen) atoms. The van der Waals surface area contributed by atoms with Crippen LogP contribution in [-0.4, -0.2) is 52.9 Å². The van der Waals surface area contributed by atoms with Gasteiger partial charge in [0.15, 0.2) is 5.90 Å². The summed E-state index contributed by atoms with van der Waals surface area (Å²) in [6.07, 6.45) is 2.04. The molecule has 7 nitrogen and oxygen atoms in total. The Hall–Kier alpha value is -3.43. The number of aromatic nitrogens is 2. The van der Waals surface area contributed by atoms with Crippen LogP contribution in [0.25, 0.3) is 5.76 Å². The third kappa shape index (κ3) is 6.53. The second-order valence-corrected chi connectivity index (χ2v) is 7.31. The summed E-state index contributed by atoms with van der Waals surface area (Å²) in [6.45, 7) is 9.87. The highest BCUT2D eigenvalue weighted by molar-refractivity contribution is 5.99. The molecule has 1 heterocycles. The molecule has 2 rings (SSSR count). The molecule has 1 aromatic heterocycles. The molecular formula is C23H27F3N4O3. The number of hydrogen-bond donors (Lipinski definition) is 0. The van der Waals surface area contributed by atoms with Gasteiger partial charge in [0.2, 0.25) is 5.88 Å². The lowest BCUT2D eigenvalue weighted by Crippen LogP contribution is -2.42. The molecule has 1 amide bonds. The minimum atomic E-state index is -3.11. The van der Waals surface area contributed by atoms with Gasteiger partial charge in [0, 0.05) is 27.4 Å². The van der Waals surface area contributed by atoms with Crippen molar-refractivity contribution in [2.75, 3.05) is 20.2 Å². The lowest BCUT2D eigenvalue weighted by molar-refractivity contribution is 0.0121. The molecule has 0 spiro atoms. The molecule has 0 radical (unpaired) electrons. The number of benzene rings is 1. The smallest absolute Gasteiger partial charge is 0.288 e. The maximum atomic E-state index is 14.6. The quantitative estimate of drug-likeness (QED) is 0.306. The Bertz CT molecular complexity index is 1020. The first-order chi connectivity index (χ1) is 15.5. The van der Waals surface area contributed by atoms with Crippen molar-refractivity contribution in [1.29, 1.82) is 0 Å². The first-order valence-corrected chi connectivity index (χ1v) is 10.2. The molecule has 0 saturated heterocycles. The van der Waals surface area contributed by atoms with Crippen molar-refractivity contribution >= 4 is 17.6 Å². The molecule has 0 fully saturated rings. The number of carbonyl (C=O) groups excluding carboxylic acids is 1. The first-order valence-electron chi connectivity index (χ1n) is 10.2. The average molecular weight is 464 g/mol. The van der Waals surface area contributed by atoms with Gasteiger partial charge in [-0.3, -0.25) is 9.79 Å². The molecule has 1 aromatic carbocycles. The van der Waals surface area contributed by atoms with Crippen molar-refractivity contribution in [2.45, 2.75) is 39.7 Å². The van der Waals surface area contributed by atoms with Crippen molar-refractivity contribution in [3.63, 3.8) is 0 Å². The normalized spacial score (nSPS) is 12.8. The molecule has 0 aliphatic heterocycles. The topological polar surface area (TPSA) is 76.9 Å². The zero-order valence-corrected chi connectivity index (χ0v) is 19.2. The summed E-state index contributed by atoms with van der Waals surface area (Å²) >= 11 is 0. The van der Waals surface area contributed by atoms with Gasteiger partial charge in [0.25, 0.3) is 11.8 Å². The van der Waals surface area contributed by atoms with E-state index < -0.39 is 29.4 Å². The molecule has 0 saturated carbocycles. The predicted octanol–water partition coefficient (Wildman–Crippen LogP) is 4.69. The summed E-state index contributed by atoms with van der Waals surface area (Å²) in [5.74, 6) is -3.95. The molecule has 1 unspecified atom stereocenters. The minimum absolute atomic E-state index is 0.0137. The van der Waals surface area contributed by atoms with Crippen LogP contribution in [0.5, 0.6) is 5.88 Å². The van der Waals surface area contributed by atoms with E-state index in [-0.39, 0.29) is 35.3 Å². The molecule has 1 atom stereocenters. The Balaban J connectivity index is 2.19. The number of aliphatic imine (C=N–C) groups is 1. The van der Waals surface area contributed by atoms with Gasteiger partial charge >= 0.3 is 0 Å². The van der Waals surface area contributed by atoms with Crippen LogP contribution in [0.4, 0.5) is 13.2 Å². The van der Waals surface area contributed by atoms with E-state index in [1.54, 1.807) is 20.8 Å². The van der Waals surface area contributed by atoms with Crippen LogP contribution in [0, 0.1) is 5.82 Å². The van der Waals surface area contributed by atoms with Crippen LogP contribution in [0.3, 0.4) is 0 Å². The van der Waals surface area contributed by atoms with Crippen LogP contribution in [-0.2, 0) is 10.7 Å². The summed E-state index contributed by atoms with van der Waals surface area (Å²) in [7, 11) is 1.52. The summed E-state index contributed by atoms with van der Waals surface area (Å²) in [4.78, 5) is 26.1. The van der Waals surface area contributed by atoms with E-state index in [2.05, 4.69) is 21.5 Å². The van der Waals surface area contributed by atoms with E-state index in [1.807, 2.05) is 0 Å². The summed E-state index contributed by atoms with van der Waals surface area (Å²) in [5.41, 5.74) is -0.455. The number of ether oxygens (including phenoxy) is 2. The highest BCUT2D eigenvalue weighted by Crippen LogP contribution is 2.26. The maximum Gasteiger partial charge on any atom is 0.288 e. The van der Waals surface area contributed by atoms with Crippen molar-refractivity contribution in [3.8, 4) is 5.88 Å². The number of rotatable bonds is 9. The lowest BCUT2D eigenvalue weighted by Gasteiger charge is -2.29. The van der Waals surface area contributed by atoms with E-state index in [4.69, 9.17) is 9.47 Å². The Labute approximate surface area is 191 Å². The Morgan fingerprint density at radius 2 is 2.00 bits per heavy atom. The summed E-state index contributed by atoms with van der Waals surface area (Å²) in [6, 6.07) is 3.67. The number of hydrogen-bond acceptors (Lipinski definition) is 6. The molecular weight excluding hydrogens is 437 g/mol. The third-order valence-corrected chi connectivity index (χ3v) is 4.79. The number of amides is 1. The van der Waals surface area contributed by atoms with E-state index in [0.717, 1.165) is 19.3 Å². The van der Waals surface area contributed by atoms with Gasteiger partial charge < -0.3 is 14.4 Å². The van der Waals surface area contributed by atoms with Crippen molar-refractivity contribution in [2.24, 2.45) is 4.99 Å². The van der Waals surface area contributed by atoms with Gasteiger partial charge in [0.05, 0.1) is 29.6 Å². The van der Waals surface area contributed by atoms with Gasteiger partial charge in [0.1, 0.15) is 23.9 Å². The second-order valence-electron chi connectivity index (χ2n) is 7.31. The number of carbonyl (C=O) groups is 1. The van der Waals surface area contributed by atoms with Crippen LogP contribution < -0.4 is 4.74 Å². The number of nitrogens with zero attached hydrogens (tertiary/aromatic N) is 4. The van der Waals surface area contributed by atoms with Crippen LogP contribution in [0.2, 0.25) is 0 Å². The van der Waals surface area contributed by atoms with E-state index in [0.29, 0.717) is 6.54 Å². The number of likely N-dealkylation sites (N-methyl/N-ethyl adjacent to an activating group) is 1. The number of alkyl halides is 2. The van der Waals surface area contributed by atoms with Crippen molar-refractivity contribution < 1.29 is 27.4 Å². The largest absolute Gasteiger partial charge is 0.474 e. The van der Waals surface area contributed by atoms with Gasteiger partial charge in [-0.1, -0.05) is 12.6 Å². The van der Waals surface area contributed by atoms with Gasteiger partial charge in [-0.15, -0.1) is 0 Å². The lowest BCUT2D eigenvalue weighted by atomic mass is 10.0. The standard InChI is InChI=1S/C23H27F3N4O3/c1-7-30(14(2)13-32-20-12-28-19(11-29-20)23(5,25)26)22(31)17-9-8-10-18(24)21(17)15(3)33-16(4)27-6/h8-12,14H,3,7,13H2,1-2,4-6H3/b27-16-. The Morgan fingerprint density at radius 1 is 1.30 bits per heavy atom. The summed E-state index contributed by atoms with van der Waals surface area (Å²) in [5, 5.41) is 0. The zero-order valence-electron chi connectivity index (χ0n) is 19.2. The van der Waals surface area contributed by atoms with Gasteiger partial charge in [-0.05, 0) is 26.0 Å².